The van der Waals surface area contributed by atoms with E-state index in [1.165, 1.54) is 4.68 Å². The van der Waals surface area contributed by atoms with E-state index in [1.807, 2.05) is 0 Å². The number of nitrogens with two attached hydrogens (primary N) is 1. The van der Waals surface area contributed by atoms with E-state index in [2.05, 4.69) is 35.7 Å². The third-order valence-corrected chi connectivity index (χ3v) is 2.45. The highest BCUT2D eigenvalue weighted by molar-refractivity contribution is 5.34. The molecule has 0 aliphatic carbocycles. The van der Waals surface area contributed by atoms with Gasteiger partial charge in [0.05, 0.1) is 12.7 Å². The third-order valence-electron chi connectivity index (χ3n) is 2.45. The van der Waals surface area contributed by atoms with Gasteiger partial charge in [-0.1, -0.05) is 5.21 Å². The predicted octanol–water partition coefficient (Wildman–Crippen LogP) is -0.657. The first kappa shape index (κ1) is 12.0. The second kappa shape index (κ2) is 5.30. The maximum Gasteiger partial charge on any atom is 0.257 e. The quantitative estimate of drug-likeness (QED) is 0.627. The van der Waals surface area contributed by atoms with Crippen LogP contribution < -0.4 is 11.1 Å². The van der Waals surface area contributed by atoms with Gasteiger partial charge in [-0.2, -0.15) is 20.1 Å². The number of hydrogen-bond acceptors (Lipinski definition) is 8. The maximum absolute atomic E-state index is 5.66. The fourth-order valence-electron chi connectivity index (χ4n) is 1.58. The van der Waals surface area contributed by atoms with Crippen molar-refractivity contribution in [3.05, 3.63) is 30.9 Å². The molecule has 0 atom stereocenters. The second-order valence-corrected chi connectivity index (χ2v) is 3.86. The Balaban J connectivity index is 1.70. The monoisotopic (exact) mass is 272 g/mol. The smallest absolute Gasteiger partial charge is 0.257 e. The lowest BCUT2D eigenvalue weighted by atomic mass is 10.6. The molecule has 3 heterocycles. The lowest BCUT2D eigenvalue weighted by Crippen LogP contribution is -2.15. The Morgan fingerprint density at radius 1 is 1.15 bits per heavy atom. The Kier molecular flexibility index (Phi) is 3.18. The SMILES string of the molecule is Nc1nc(NCCn2ccnn2)nc(-n2cccn2)n1. The van der Waals surface area contributed by atoms with E-state index in [9.17, 15) is 0 Å². The van der Waals surface area contributed by atoms with Crippen LogP contribution in [0, 0.1) is 0 Å². The highest BCUT2D eigenvalue weighted by Gasteiger charge is 2.06. The molecule has 3 aromatic heterocycles. The number of nitrogens with zero attached hydrogens (tertiary/aromatic N) is 8. The molecule has 3 N–H and O–H groups in total. The van der Waals surface area contributed by atoms with Crippen molar-refractivity contribution in [1.29, 1.82) is 0 Å². The molecule has 0 saturated carbocycles. The molecule has 20 heavy (non-hydrogen) atoms. The number of nitrogens with one attached hydrogen (secondary N) is 1. The van der Waals surface area contributed by atoms with Crippen molar-refractivity contribution < 1.29 is 0 Å². The number of rotatable bonds is 5. The topological polar surface area (TPSA) is 125 Å². The summed E-state index contributed by atoms with van der Waals surface area (Å²) in [7, 11) is 0. The van der Waals surface area contributed by atoms with Gasteiger partial charge in [0, 0.05) is 25.1 Å². The molecule has 10 heteroatoms. The summed E-state index contributed by atoms with van der Waals surface area (Å²) in [6, 6.07) is 1.78. The minimum absolute atomic E-state index is 0.133. The van der Waals surface area contributed by atoms with Gasteiger partial charge in [-0.05, 0) is 6.07 Å². The molecule has 102 valence electrons. The van der Waals surface area contributed by atoms with Crippen LogP contribution >= 0.6 is 0 Å². The molecule has 0 radical (unpaired) electrons. The Morgan fingerprint density at radius 3 is 2.85 bits per heavy atom. The van der Waals surface area contributed by atoms with Crippen LogP contribution in [0.4, 0.5) is 11.9 Å². The largest absolute Gasteiger partial charge is 0.368 e. The van der Waals surface area contributed by atoms with Crippen LogP contribution in [0.3, 0.4) is 0 Å². The van der Waals surface area contributed by atoms with Crippen molar-refractivity contribution in [3.63, 3.8) is 0 Å². The fraction of sp³-hybridized carbons (Fsp3) is 0.200. The van der Waals surface area contributed by atoms with E-state index in [-0.39, 0.29) is 5.95 Å². The molecule has 0 aliphatic heterocycles. The number of hydrogen-bond donors (Lipinski definition) is 2. The van der Waals surface area contributed by atoms with Crippen LogP contribution in [0.2, 0.25) is 0 Å². The summed E-state index contributed by atoms with van der Waals surface area (Å²) in [6.45, 7) is 1.23. The van der Waals surface area contributed by atoms with E-state index in [4.69, 9.17) is 5.73 Å². The first-order chi connectivity index (χ1) is 9.81. The minimum Gasteiger partial charge on any atom is -0.368 e. The fourth-order valence-corrected chi connectivity index (χ4v) is 1.58. The highest BCUT2D eigenvalue weighted by atomic mass is 15.4. The van der Waals surface area contributed by atoms with Crippen LogP contribution in [0.5, 0.6) is 0 Å². The standard InChI is InChI=1S/C10H12N10/c11-8-15-9(12-3-6-19-7-4-13-18-19)17-10(16-8)20-5-1-2-14-20/h1-2,4-5,7H,3,6H2,(H3,11,12,15,16,17). The molecule has 3 aromatic rings. The zero-order valence-corrected chi connectivity index (χ0v) is 10.5. The van der Waals surface area contributed by atoms with Crippen LogP contribution in [-0.2, 0) is 6.54 Å². The molecule has 0 aliphatic rings. The van der Waals surface area contributed by atoms with Crippen molar-refractivity contribution in [2.45, 2.75) is 6.54 Å². The molecule has 0 bridgehead atoms. The van der Waals surface area contributed by atoms with Crippen molar-refractivity contribution in [2.75, 3.05) is 17.6 Å². The number of aromatic nitrogens is 8. The molecule has 3 rings (SSSR count). The average Bonchev–Trinajstić information content (AvgIpc) is 3.11. The van der Waals surface area contributed by atoms with E-state index >= 15 is 0 Å². The van der Waals surface area contributed by atoms with Gasteiger partial charge in [0.1, 0.15) is 0 Å². The van der Waals surface area contributed by atoms with Gasteiger partial charge < -0.3 is 11.1 Å². The number of anilines is 2. The summed E-state index contributed by atoms with van der Waals surface area (Å²) in [4.78, 5) is 12.3. The van der Waals surface area contributed by atoms with Crippen molar-refractivity contribution in [3.8, 4) is 5.95 Å². The highest BCUT2D eigenvalue weighted by Crippen LogP contribution is 2.05. The normalized spacial score (nSPS) is 10.6. The molecular weight excluding hydrogens is 260 g/mol. The van der Waals surface area contributed by atoms with E-state index in [1.54, 1.807) is 35.5 Å². The molecule has 10 nitrogen and oxygen atoms in total. The second-order valence-electron chi connectivity index (χ2n) is 3.86. The van der Waals surface area contributed by atoms with Crippen LogP contribution in [-0.4, -0.2) is 46.3 Å². The molecule has 0 aromatic carbocycles. The molecular formula is C10H12N10. The van der Waals surface area contributed by atoms with Gasteiger partial charge in [-0.15, -0.1) is 5.10 Å². The maximum atomic E-state index is 5.66. The summed E-state index contributed by atoms with van der Waals surface area (Å²) in [5.41, 5.74) is 5.66. The first-order valence-corrected chi connectivity index (χ1v) is 5.91. The van der Waals surface area contributed by atoms with Gasteiger partial charge in [0.25, 0.3) is 5.95 Å². The van der Waals surface area contributed by atoms with Gasteiger partial charge in [0.2, 0.25) is 11.9 Å². The summed E-state index contributed by atoms with van der Waals surface area (Å²) in [5, 5.41) is 14.7. The first-order valence-electron chi connectivity index (χ1n) is 5.91. The molecule has 0 amide bonds. The zero-order valence-electron chi connectivity index (χ0n) is 10.5. The van der Waals surface area contributed by atoms with Crippen LogP contribution in [0.15, 0.2) is 30.9 Å². The molecule has 0 saturated heterocycles. The van der Waals surface area contributed by atoms with Gasteiger partial charge in [-0.3, -0.25) is 4.68 Å². The molecule has 0 unspecified atom stereocenters. The van der Waals surface area contributed by atoms with E-state index < -0.39 is 0 Å². The summed E-state index contributed by atoms with van der Waals surface area (Å²) in [6.07, 6.45) is 6.76. The zero-order chi connectivity index (χ0) is 13.8. The van der Waals surface area contributed by atoms with Gasteiger partial charge in [-0.25, -0.2) is 4.68 Å². The Labute approximate surface area is 113 Å². The van der Waals surface area contributed by atoms with Gasteiger partial charge >= 0.3 is 0 Å². The Morgan fingerprint density at radius 2 is 2.10 bits per heavy atom. The molecule has 0 spiro atoms. The van der Waals surface area contributed by atoms with E-state index in [0.717, 1.165) is 0 Å². The predicted molar refractivity (Wildman–Crippen MR) is 69.9 cm³/mol. The third kappa shape index (κ3) is 2.68. The summed E-state index contributed by atoms with van der Waals surface area (Å²) < 4.78 is 3.21. The average molecular weight is 272 g/mol. The minimum atomic E-state index is 0.133. The van der Waals surface area contributed by atoms with Crippen molar-refractivity contribution in [2.24, 2.45) is 0 Å². The van der Waals surface area contributed by atoms with Gasteiger partial charge in [0.15, 0.2) is 0 Å². The Hall–Kier alpha value is -3.04. The summed E-state index contributed by atoms with van der Waals surface area (Å²) >= 11 is 0. The van der Waals surface area contributed by atoms with E-state index in [0.29, 0.717) is 25.0 Å². The summed E-state index contributed by atoms with van der Waals surface area (Å²) in [5.74, 6) is 0.891. The number of nitrogen functional groups attached to an aromatic ring is 1. The van der Waals surface area contributed by atoms with Crippen molar-refractivity contribution >= 4 is 11.9 Å². The Bertz CT molecular complexity index is 659. The van der Waals surface area contributed by atoms with Crippen LogP contribution in [0.1, 0.15) is 0 Å². The van der Waals surface area contributed by atoms with Crippen molar-refractivity contribution in [1.82, 2.24) is 39.7 Å². The lowest BCUT2D eigenvalue weighted by Gasteiger charge is -2.07. The van der Waals surface area contributed by atoms with Crippen LogP contribution in [0.25, 0.3) is 5.95 Å². The molecule has 0 fully saturated rings. The lowest BCUT2D eigenvalue weighted by molar-refractivity contribution is 0.607.